The molecule has 146 valence electrons. The molecular weight excluding hydrogens is 352 g/mol. The number of hydrogen-bond acceptors (Lipinski definition) is 4. The second-order valence-corrected chi connectivity index (χ2v) is 7.73. The Labute approximate surface area is 165 Å². The largest absolute Gasteiger partial charge is 0.466 e. The highest BCUT2D eigenvalue weighted by Gasteiger charge is 2.52. The molecule has 0 aliphatic carbocycles. The summed E-state index contributed by atoms with van der Waals surface area (Å²) in [5.41, 5.74) is 2.35. The van der Waals surface area contributed by atoms with E-state index in [9.17, 15) is 9.59 Å². The van der Waals surface area contributed by atoms with E-state index in [1.165, 1.54) is 5.56 Å². The van der Waals surface area contributed by atoms with Gasteiger partial charge in [0.2, 0.25) is 0 Å². The van der Waals surface area contributed by atoms with Gasteiger partial charge in [-0.25, -0.2) is 0 Å². The monoisotopic (exact) mass is 378 g/mol. The molecule has 1 fully saturated rings. The fourth-order valence-electron chi connectivity index (χ4n) is 4.57. The highest BCUT2D eigenvalue weighted by atomic mass is 16.5. The smallest absolute Gasteiger partial charge is 0.312 e. The molecule has 2 aromatic rings. The van der Waals surface area contributed by atoms with Crippen molar-refractivity contribution in [2.75, 3.05) is 19.7 Å². The first-order valence-electron chi connectivity index (χ1n) is 9.94. The first kappa shape index (κ1) is 18.7. The number of amides is 1. The number of benzene rings is 2. The molecule has 5 heteroatoms. The molecule has 2 aromatic carbocycles. The number of nitrogens with one attached hydrogen (secondary N) is 1. The van der Waals surface area contributed by atoms with Crippen LogP contribution in [0.15, 0.2) is 54.6 Å². The predicted octanol–water partition coefficient (Wildman–Crippen LogP) is 2.80. The van der Waals surface area contributed by atoms with Gasteiger partial charge in [-0.1, -0.05) is 48.5 Å². The lowest BCUT2D eigenvalue weighted by Crippen LogP contribution is -2.56. The van der Waals surface area contributed by atoms with Gasteiger partial charge >= 0.3 is 5.97 Å². The van der Waals surface area contributed by atoms with Gasteiger partial charge in [0.15, 0.2) is 0 Å². The predicted molar refractivity (Wildman–Crippen MR) is 107 cm³/mol. The summed E-state index contributed by atoms with van der Waals surface area (Å²) in [4.78, 5) is 28.0. The maximum Gasteiger partial charge on any atom is 0.312 e. The van der Waals surface area contributed by atoms with Crippen LogP contribution >= 0.6 is 0 Å². The van der Waals surface area contributed by atoms with Crippen LogP contribution in [0.25, 0.3) is 0 Å². The number of ether oxygens (including phenoxy) is 1. The van der Waals surface area contributed by atoms with Crippen LogP contribution in [0.4, 0.5) is 0 Å². The Hall–Kier alpha value is -2.66. The molecule has 0 bridgehead atoms. The van der Waals surface area contributed by atoms with Crippen LogP contribution in [0.5, 0.6) is 0 Å². The molecule has 2 atom stereocenters. The lowest BCUT2D eigenvalue weighted by atomic mass is 9.82. The quantitative estimate of drug-likeness (QED) is 0.832. The SMILES string of the molecule is CCOC(=O)[C@@H]1CN(Cc2ccccc2)C[C@]12CCc1ccccc1C(=O)N2. The van der Waals surface area contributed by atoms with Gasteiger partial charge in [-0.05, 0) is 37.0 Å². The summed E-state index contributed by atoms with van der Waals surface area (Å²) in [5.74, 6) is -0.678. The molecule has 1 spiro atoms. The van der Waals surface area contributed by atoms with Gasteiger partial charge in [-0.2, -0.15) is 0 Å². The maximum absolute atomic E-state index is 13.0. The summed E-state index contributed by atoms with van der Waals surface area (Å²) >= 11 is 0. The summed E-state index contributed by atoms with van der Waals surface area (Å²) in [5, 5.41) is 3.23. The van der Waals surface area contributed by atoms with E-state index in [-0.39, 0.29) is 17.8 Å². The van der Waals surface area contributed by atoms with Gasteiger partial charge in [0.25, 0.3) is 5.91 Å². The zero-order valence-corrected chi connectivity index (χ0v) is 16.2. The first-order chi connectivity index (χ1) is 13.6. The number of aryl methyl sites for hydroxylation is 1. The molecule has 2 aliphatic rings. The Kier molecular flexibility index (Phi) is 5.18. The van der Waals surface area contributed by atoms with E-state index in [2.05, 4.69) is 22.3 Å². The van der Waals surface area contributed by atoms with Gasteiger partial charge in [0.05, 0.1) is 18.1 Å². The van der Waals surface area contributed by atoms with Crippen molar-refractivity contribution in [2.45, 2.75) is 31.8 Å². The van der Waals surface area contributed by atoms with Crippen molar-refractivity contribution in [1.29, 1.82) is 0 Å². The molecular formula is C23H26N2O3. The number of likely N-dealkylation sites (tertiary alicyclic amines) is 1. The van der Waals surface area contributed by atoms with Crippen LogP contribution in [-0.2, 0) is 22.5 Å². The summed E-state index contributed by atoms with van der Waals surface area (Å²) in [6.45, 7) is 4.15. The Morgan fingerprint density at radius 1 is 1.18 bits per heavy atom. The number of fused-ring (bicyclic) bond motifs is 1. The van der Waals surface area contributed by atoms with Gasteiger partial charge in [0, 0.05) is 25.2 Å². The number of carbonyl (C=O) groups is 2. The molecule has 4 rings (SSSR count). The fourth-order valence-corrected chi connectivity index (χ4v) is 4.57. The molecule has 1 N–H and O–H groups in total. The third-order valence-electron chi connectivity index (χ3n) is 5.90. The minimum absolute atomic E-state index is 0.0936. The highest BCUT2D eigenvalue weighted by molar-refractivity contribution is 5.97. The van der Waals surface area contributed by atoms with E-state index >= 15 is 0 Å². The van der Waals surface area contributed by atoms with Gasteiger partial charge < -0.3 is 10.1 Å². The van der Waals surface area contributed by atoms with Crippen LogP contribution in [0.1, 0.15) is 34.8 Å². The van der Waals surface area contributed by atoms with Crippen molar-refractivity contribution in [3.05, 3.63) is 71.3 Å². The Morgan fingerprint density at radius 2 is 1.93 bits per heavy atom. The average Bonchev–Trinajstić information content (AvgIpc) is 2.98. The van der Waals surface area contributed by atoms with Crippen molar-refractivity contribution < 1.29 is 14.3 Å². The standard InChI is InChI=1S/C23H26N2O3/c1-2-28-22(27)20-15-25(14-17-8-4-3-5-9-17)16-23(20)13-12-18-10-6-7-11-19(18)21(26)24-23/h3-11,20H,2,12-16H2,1H3,(H,24,26)/t20-,23+/m0/s1. The fraction of sp³-hybridized carbons (Fsp3) is 0.391. The number of esters is 1. The van der Waals surface area contributed by atoms with Crippen LogP contribution in [0, 0.1) is 5.92 Å². The second-order valence-electron chi connectivity index (χ2n) is 7.73. The number of nitrogens with zero attached hydrogens (tertiary/aromatic N) is 1. The molecule has 2 heterocycles. The van der Waals surface area contributed by atoms with Crippen LogP contribution in [0.3, 0.4) is 0 Å². The molecule has 0 unspecified atom stereocenters. The van der Waals surface area contributed by atoms with Crippen LogP contribution in [0.2, 0.25) is 0 Å². The zero-order valence-electron chi connectivity index (χ0n) is 16.2. The number of hydrogen-bond donors (Lipinski definition) is 1. The van der Waals surface area contributed by atoms with Gasteiger partial charge in [-0.15, -0.1) is 0 Å². The summed E-state index contributed by atoms with van der Waals surface area (Å²) in [7, 11) is 0. The topological polar surface area (TPSA) is 58.6 Å². The Morgan fingerprint density at radius 3 is 2.71 bits per heavy atom. The molecule has 0 saturated carbocycles. The summed E-state index contributed by atoms with van der Waals surface area (Å²) < 4.78 is 5.39. The van der Waals surface area contributed by atoms with Crippen molar-refractivity contribution >= 4 is 11.9 Å². The van der Waals surface area contributed by atoms with Crippen molar-refractivity contribution in [1.82, 2.24) is 10.2 Å². The lowest BCUT2D eigenvalue weighted by Gasteiger charge is -2.33. The van der Waals surface area contributed by atoms with Crippen molar-refractivity contribution in [2.24, 2.45) is 5.92 Å². The van der Waals surface area contributed by atoms with E-state index in [0.717, 1.165) is 24.9 Å². The lowest BCUT2D eigenvalue weighted by molar-refractivity contribution is -0.149. The summed E-state index contributed by atoms with van der Waals surface area (Å²) in [6, 6.07) is 17.9. The molecule has 1 saturated heterocycles. The maximum atomic E-state index is 13.0. The Bertz CT molecular complexity index is 867. The number of carbonyl (C=O) groups excluding carboxylic acids is 2. The molecule has 0 aromatic heterocycles. The van der Waals surface area contributed by atoms with Gasteiger partial charge in [-0.3, -0.25) is 14.5 Å². The van der Waals surface area contributed by atoms with Crippen molar-refractivity contribution in [3.63, 3.8) is 0 Å². The third kappa shape index (κ3) is 3.54. The normalized spacial score (nSPS) is 24.5. The highest BCUT2D eigenvalue weighted by Crippen LogP contribution is 2.36. The van der Waals surface area contributed by atoms with E-state index in [0.29, 0.717) is 25.3 Å². The van der Waals surface area contributed by atoms with Crippen LogP contribution < -0.4 is 5.32 Å². The molecule has 28 heavy (non-hydrogen) atoms. The average molecular weight is 378 g/mol. The zero-order chi connectivity index (χ0) is 19.6. The van der Waals surface area contributed by atoms with Gasteiger partial charge in [0.1, 0.15) is 0 Å². The molecule has 0 radical (unpaired) electrons. The summed E-state index contributed by atoms with van der Waals surface area (Å²) in [6.07, 6.45) is 1.49. The minimum atomic E-state index is -0.600. The molecule has 1 amide bonds. The third-order valence-corrected chi connectivity index (χ3v) is 5.90. The van der Waals surface area contributed by atoms with E-state index in [1.54, 1.807) is 0 Å². The van der Waals surface area contributed by atoms with Crippen LogP contribution in [-0.4, -0.2) is 42.0 Å². The Balaban J connectivity index is 1.62. The van der Waals surface area contributed by atoms with E-state index in [1.807, 2.05) is 49.4 Å². The minimum Gasteiger partial charge on any atom is -0.466 e. The first-order valence-corrected chi connectivity index (χ1v) is 9.94. The molecule has 2 aliphatic heterocycles. The van der Waals surface area contributed by atoms with Crippen molar-refractivity contribution in [3.8, 4) is 0 Å². The molecule has 5 nitrogen and oxygen atoms in total. The second kappa shape index (κ2) is 7.76. The number of rotatable bonds is 4. The van der Waals surface area contributed by atoms with E-state index in [4.69, 9.17) is 4.74 Å². The van der Waals surface area contributed by atoms with E-state index < -0.39 is 5.54 Å².